The molecule has 0 aromatic heterocycles. The number of carbonyl (C=O) groups is 1. The van der Waals surface area contributed by atoms with Crippen LogP contribution in [0, 0.1) is 0 Å². The van der Waals surface area contributed by atoms with Gasteiger partial charge in [-0.25, -0.2) is 0 Å². The minimum atomic E-state index is -0.880. The SMILES string of the molecule is O=C(NCC1(O)CCc2ccccc2C1)c1cccc2ccccc12. The summed E-state index contributed by atoms with van der Waals surface area (Å²) in [5.41, 5.74) is 2.25. The summed E-state index contributed by atoms with van der Waals surface area (Å²) in [6, 6.07) is 21.8. The van der Waals surface area contributed by atoms with Gasteiger partial charge in [-0.05, 0) is 40.8 Å². The molecule has 1 atom stereocenters. The standard InChI is InChI=1S/C22H21NO2/c24-21(20-11-5-9-17-7-3-4-10-19(17)20)23-15-22(25)13-12-16-6-1-2-8-18(16)14-22/h1-11,25H,12-15H2,(H,23,24). The molecule has 1 aliphatic rings. The molecule has 3 nitrogen and oxygen atoms in total. The Labute approximate surface area is 147 Å². The zero-order valence-electron chi connectivity index (χ0n) is 14.0. The van der Waals surface area contributed by atoms with Crippen molar-refractivity contribution in [2.45, 2.75) is 24.9 Å². The monoisotopic (exact) mass is 331 g/mol. The lowest BCUT2D eigenvalue weighted by molar-refractivity contribution is 0.0260. The molecule has 0 fully saturated rings. The summed E-state index contributed by atoms with van der Waals surface area (Å²) in [6.45, 7) is 0.267. The van der Waals surface area contributed by atoms with Crippen LogP contribution in [0.3, 0.4) is 0 Å². The Balaban J connectivity index is 1.50. The third-order valence-corrected chi connectivity index (χ3v) is 5.11. The molecule has 1 unspecified atom stereocenters. The number of rotatable bonds is 3. The maximum absolute atomic E-state index is 12.7. The fourth-order valence-electron chi connectivity index (χ4n) is 3.70. The lowest BCUT2D eigenvalue weighted by atomic mass is 9.80. The van der Waals surface area contributed by atoms with E-state index < -0.39 is 5.60 Å². The fourth-order valence-corrected chi connectivity index (χ4v) is 3.70. The number of aryl methyl sites for hydroxylation is 1. The number of benzene rings is 3. The van der Waals surface area contributed by atoms with Crippen LogP contribution >= 0.6 is 0 Å². The molecule has 1 aliphatic carbocycles. The van der Waals surface area contributed by atoms with E-state index in [-0.39, 0.29) is 12.5 Å². The van der Waals surface area contributed by atoms with Crippen molar-refractivity contribution in [3.63, 3.8) is 0 Å². The highest BCUT2D eigenvalue weighted by Gasteiger charge is 2.32. The second-order valence-corrected chi connectivity index (χ2v) is 6.88. The first-order valence-corrected chi connectivity index (χ1v) is 8.70. The van der Waals surface area contributed by atoms with Crippen LogP contribution in [-0.4, -0.2) is 23.2 Å². The van der Waals surface area contributed by atoms with Crippen LogP contribution in [0.5, 0.6) is 0 Å². The van der Waals surface area contributed by atoms with E-state index in [0.717, 1.165) is 17.2 Å². The summed E-state index contributed by atoms with van der Waals surface area (Å²) in [7, 11) is 0. The van der Waals surface area contributed by atoms with Gasteiger partial charge in [-0.3, -0.25) is 4.79 Å². The van der Waals surface area contributed by atoms with Crippen LogP contribution in [0.15, 0.2) is 66.7 Å². The molecule has 126 valence electrons. The Hall–Kier alpha value is -2.65. The number of nitrogens with one attached hydrogen (secondary N) is 1. The third-order valence-electron chi connectivity index (χ3n) is 5.11. The van der Waals surface area contributed by atoms with Crippen LogP contribution in [-0.2, 0) is 12.8 Å². The van der Waals surface area contributed by atoms with Gasteiger partial charge in [0.15, 0.2) is 0 Å². The van der Waals surface area contributed by atoms with E-state index in [1.165, 1.54) is 11.1 Å². The van der Waals surface area contributed by atoms with Crippen molar-refractivity contribution in [1.29, 1.82) is 0 Å². The summed E-state index contributed by atoms with van der Waals surface area (Å²) < 4.78 is 0. The highest BCUT2D eigenvalue weighted by molar-refractivity contribution is 6.07. The van der Waals surface area contributed by atoms with Crippen molar-refractivity contribution in [3.05, 3.63) is 83.4 Å². The number of aliphatic hydroxyl groups is 1. The maximum Gasteiger partial charge on any atom is 0.252 e. The Kier molecular flexibility index (Phi) is 4.02. The molecule has 25 heavy (non-hydrogen) atoms. The van der Waals surface area contributed by atoms with Crippen molar-refractivity contribution in [2.24, 2.45) is 0 Å². The molecule has 3 aromatic carbocycles. The highest BCUT2D eigenvalue weighted by atomic mass is 16.3. The summed E-state index contributed by atoms with van der Waals surface area (Å²) in [4.78, 5) is 12.7. The van der Waals surface area contributed by atoms with Crippen LogP contribution in [0.25, 0.3) is 10.8 Å². The average Bonchev–Trinajstić information content (AvgIpc) is 2.65. The van der Waals surface area contributed by atoms with Crippen molar-refractivity contribution in [1.82, 2.24) is 5.32 Å². The van der Waals surface area contributed by atoms with Gasteiger partial charge >= 0.3 is 0 Å². The number of hydrogen-bond donors (Lipinski definition) is 2. The van der Waals surface area contributed by atoms with Crippen molar-refractivity contribution >= 4 is 16.7 Å². The van der Waals surface area contributed by atoms with E-state index in [2.05, 4.69) is 17.4 Å². The summed E-state index contributed by atoms with van der Waals surface area (Å²) in [5, 5.41) is 15.8. The van der Waals surface area contributed by atoms with Crippen molar-refractivity contribution in [3.8, 4) is 0 Å². The van der Waals surface area contributed by atoms with Gasteiger partial charge in [0.25, 0.3) is 5.91 Å². The van der Waals surface area contributed by atoms with Gasteiger partial charge in [0, 0.05) is 18.5 Å². The predicted octanol–water partition coefficient (Wildman–Crippen LogP) is 3.49. The molecule has 1 amide bonds. The van der Waals surface area contributed by atoms with E-state index >= 15 is 0 Å². The van der Waals surface area contributed by atoms with E-state index in [1.54, 1.807) is 0 Å². The van der Waals surface area contributed by atoms with Crippen LogP contribution < -0.4 is 5.32 Å². The molecule has 0 saturated carbocycles. The number of fused-ring (bicyclic) bond motifs is 2. The predicted molar refractivity (Wildman–Crippen MR) is 99.7 cm³/mol. The molecule has 4 rings (SSSR count). The van der Waals surface area contributed by atoms with Crippen molar-refractivity contribution < 1.29 is 9.90 Å². The molecule has 0 heterocycles. The van der Waals surface area contributed by atoms with Gasteiger partial charge in [-0.2, -0.15) is 0 Å². The van der Waals surface area contributed by atoms with Gasteiger partial charge < -0.3 is 10.4 Å². The van der Waals surface area contributed by atoms with Crippen LogP contribution in [0.2, 0.25) is 0 Å². The molecule has 3 heteroatoms. The summed E-state index contributed by atoms with van der Waals surface area (Å²) >= 11 is 0. The highest BCUT2D eigenvalue weighted by Crippen LogP contribution is 2.28. The molecule has 0 saturated heterocycles. The summed E-state index contributed by atoms with van der Waals surface area (Å²) in [5.74, 6) is -0.135. The quantitative estimate of drug-likeness (QED) is 0.772. The smallest absolute Gasteiger partial charge is 0.252 e. The molecular formula is C22H21NO2. The van der Waals surface area contributed by atoms with Crippen molar-refractivity contribution in [2.75, 3.05) is 6.54 Å². The molecule has 0 bridgehead atoms. The lowest BCUT2D eigenvalue weighted by Gasteiger charge is -2.33. The Morgan fingerprint density at radius 1 is 0.960 bits per heavy atom. The number of carbonyl (C=O) groups excluding carboxylic acids is 1. The van der Waals surface area contributed by atoms with E-state index in [4.69, 9.17) is 0 Å². The molecule has 0 spiro atoms. The Morgan fingerprint density at radius 2 is 1.68 bits per heavy atom. The number of amides is 1. The minimum absolute atomic E-state index is 0.135. The minimum Gasteiger partial charge on any atom is -0.388 e. The van der Waals surface area contributed by atoms with E-state index in [0.29, 0.717) is 18.4 Å². The van der Waals surface area contributed by atoms with Gasteiger partial charge in [-0.15, -0.1) is 0 Å². The molecule has 0 aliphatic heterocycles. The zero-order valence-corrected chi connectivity index (χ0v) is 14.0. The normalized spacial score (nSPS) is 19.4. The molecule has 3 aromatic rings. The molecule has 0 radical (unpaired) electrons. The summed E-state index contributed by atoms with van der Waals surface area (Å²) in [6.07, 6.45) is 2.09. The second kappa shape index (κ2) is 6.34. The Morgan fingerprint density at radius 3 is 2.56 bits per heavy atom. The number of hydrogen-bond acceptors (Lipinski definition) is 2. The third kappa shape index (κ3) is 3.15. The topological polar surface area (TPSA) is 49.3 Å². The fraction of sp³-hybridized carbons (Fsp3) is 0.227. The first-order valence-electron chi connectivity index (χ1n) is 8.70. The molecule has 2 N–H and O–H groups in total. The zero-order chi connectivity index (χ0) is 17.3. The maximum atomic E-state index is 12.7. The van der Waals surface area contributed by atoms with Gasteiger partial charge in [0.2, 0.25) is 0 Å². The van der Waals surface area contributed by atoms with Gasteiger partial charge in [0.05, 0.1) is 5.60 Å². The first kappa shape index (κ1) is 15.9. The average molecular weight is 331 g/mol. The van der Waals surface area contributed by atoms with Crippen LogP contribution in [0.1, 0.15) is 27.9 Å². The Bertz CT molecular complexity index is 929. The largest absolute Gasteiger partial charge is 0.388 e. The van der Waals surface area contributed by atoms with Crippen LogP contribution in [0.4, 0.5) is 0 Å². The van der Waals surface area contributed by atoms with Gasteiger partial charge in [-0.1, -0.05) is 60.7 Å². The lowest BCUT2D eigenvalue weighted by Crippen LogP contribution is -2.46. The first-order chi connectivity index (χ1) is 12.1. The second-order valence-electron chi connectivity index (χ2n) is 6.88. The molecular weight excluding hydrogens is 310 g/mol. The van der Waals surface area contributed by atoms with E-state index in [1.807, 2.05) is 54.6 Å². The van der Waals surface area contributed by atoms with Gasteiger partial charge in [0.1, 0.15) is 0 Å². The van der Waals surface area contributed by atoms with E-state index in [9.17, 15) is 9.90 Å².